The van der Waals surface area contributed by atoms with Gasteiger partial charge in [0.1, 0.15) is 10.8 Å². The normalized spacial score (nSPS) is 18.0. The molecule has 1 fully saturated rings. The molecule has 1 aliphatic carbocycles. The lowest BCUT2D eigenvalue weighted by Gasteiger charge is -2.41. The highest BCUT2D eigenvalue weighted by atomic mass is 32.2. The number of anilines is 2. The van der Waals surface area contributed by atoms with Gasteiger partial charge in [0.25, 0.3) is 5.56 Å². The molecule has 1 aromatic carbocycles. The minimum absolute atomic E-state index is 0.0710. The number of nitrogens with two attached hydrogens (primary N) is 1. The molecule has 0 spiro atoms. The SMILES string of the molecule is CC(C)=CCN1c2c(n(C)c(=O)n(Cc3nc4cc(F)ccc4s3)c2=O)N(OC(=O)C(F)(F)F)C1SC1(CN)CCCCC1. The highest BCUT2D eigenvalue weighted by molar-refractivity contribution is 8.01. The van der Waals surface area contributed by atoms with Crippen molar-refractivity contribution in [3.63, 3.8) is 0 Å². The van der Waals surface area contributed by atoms with E-state index in [1.54, 1.807) is 17.0 Å². The van der Waals surface area contributed by atoms with Crippen molar-refractivity contribution < 1.29 is 27.2 Å². The predicted molar refractivity (Wildman–Crippen MR) is 162 cm³/mol. The summed E-state index contributed by atoms with van der Waals surface area (Å²) in [5.41, 5.74) is 4.58. The molecule has 0 saturated heterocycles. The molecule has 3 aromatic rings. The van der Waals surface area contributed by atoms with Gasteiger partial charge in [-0.05, 0) is 38.8 Å². The van der Waals surface area contributed by atoms with E-state index >= 15 is 0 Å². The van der Waals surface area contributed by atoms with Crippen LogP contribution in [0.2, 0.25) is 0 Å². The van der Waals surface area contributed by atoms with Crippen LogP contribution in [0, 0.1) is 5.82 Å². The first-order valence-electron chi connectivity index (χ1n) is 14.0. The average molecular weight is 657 g/mol. The number of aromatic nitrogens is 3. The van der Waals surface area contributed by atoms with Gasteiger partial charge in [0.2, 0.25) is 0 Å². The van der Waals surface area contributed by atoms with Crippen molar-refractivity contribution in [2.75, 3.05) is 23.1 Å². The second-order valence-corrected chi connectivity index (χ2v) is 13.8. The first-order chi connectivity index (χ1) is 20.7. The first-order valence-corrected chi connectivity index (χ1v) is 15.7. The number of hydrogen-bond acceptors (Lipinski definition) is 10. The van der Waals surface area contributed by atoms with E-state index in [-0.39, 0.29) is 31.1 Å². The van der Waals surface area contributed by atoms with Gasteiger partial charge in [-0.2, -0.15) is 18.2 Å². The van der Waals surface area contributed by atoms with E-state index in [1.165, 1.54) is 42.3 Å². The molecule has 1 atom stereocenters. The molecule has 0 amide bonds. The Labute approximate surface area is 258 Å². The van der Waals surface area contributed by atoms with Crippen molar-refractivity contribution in [3.05, 3.63) is 61.5 Å². The van der Waals surface area contributed by atoms with Gasteiger partial charge in [-0.15, -0.1) is 23.1 Å². The van der Waals surface area contributed by atoms with E-state index in [9.17, 15) is 31.9 Å². The molecule has 238 valence electrons. The number of hydroxylamine groups is 1. The molecule has 3 heterocycles. The lowest BCUT2D eigenvalue weighted by molar-refractivity contribution is -0.201. The Morgan fingerprint density at radius 1 is 1.23 bits per heavy atom. The molecule has 1 unspecified atom stereocenters. The van der Waals surface area contributed by atoms with Crippen LogP contribution in [0.3, 0.4) is 0 Å². The maximum Gasteiger partial charge on any atom is 0.493 e. The van der Waals surface area contributed by atoms with Crippen LogP contribution in [0.25, 0.3) is 10.2 Å². The Morgan fingerprint density at radius 2 is 1.93 bits per heavy atom. The van der Waals surface area contributed by atoms with E-state index in [2.05, 4.69) is 4.98 Å². The number of halogens is 4. The Balaban J connectivity index is 1.67. The predicted octanol–water partition coefficient (Wildman–Crippen LogP) is 4.64. The summed E-state index contributed by atoms with van der Waals surface area (Å²) in [6.07, 6.45) is 0.520. The minimum atomic E-state index is -5.33. The molecule has 1 aliphatic heterocycles. The van der Waals surface area contributed by atoms with Crippen molar-refractivity contribution in [2.45, 2.75) is 68.9 Å². The Morgan fingerprint density at radius 3 is 2.57 bits per heavy atom. The third kappa shape index (κ3) is 6.11. The van der Waals surface area contributed by atoms with Crippen LogP contribution in [0.4, 0.5) is 29.1 Å². The summed E-state index contributed by atoms with van der Waals surface area (Å²) in [7, 11) is 1.30. The monoisotopic (exact) mass is 656 g/mol. The highest BCUT2D eigenvalue weighted by Gasteiger charge is 2.51. The first kappa shape index (κ1) is 32.0. The second-order valence-electron chi connectivity index (χ2n) is 11.2. The van der Waals surface area contributed by atoms with E-state index < -0.39 is 39.5 Å². The van der Waals surface area contributed by atoms with Crippen LogP contribution in [-0.2, 0) is 23.2 Å². The van der Waals surface area contributed by atoms with Crippen LogP contribution in [0.1, 0.15) is 51.0 Å². The Kier molecular flexibility index (Phi) is 8.88. The van der Waals surface area contributed by atoms with Crippen molar-refractivity contribution in [2.24, 2.45) is 12.8 Å². The van der Waals surface area contributed by atoms with Gasteiger partial charge in [0, 0.05) is 31.0 Å². The zero-order chi connectivity index (χ0) is 32.0. The summed E-state index contributed by atoms with van der Waals surface area (Å²) < 4.78 is 56.3. The van der Waals surface area contributed by atoms with E-state index in [4.69, 9.17) is 10.6 Å². The number of rotatable bonds is 8. The molecule has 44 heavy (non-hydrogen) atoms. The summed E-state index contributed by atoms with van der Waals surface area (Å²) in [5, 5.41) is 1.09. The average Bonchev–Trinajstić information content (AvgIpc) is 3.50. The molecule has 16 heteroatoms. The fourth-order valence-corrected chi connectivity index (χ4v) is 8.03. The largest absolute Gasteiger partial charge is 0.493 e. The zero-order valence-corrected chi connectivity index (χ0v) is 26.0. The quantitative estimate of drug-likeness (QED) is 0.274. The van der Waals surface area contributed by atoms with E-state index in [1.807, 2.05) is 13.8 Å². The van der Waals surface area contributed by atoms with E-state index in [0.717, 1.165) is 39.0 Å². The molecule has 1 saturated carbocycles. The topological polar surface area (TPSA) is 116 Å². The molecule has 0 bridgehead atoms. The number of carbonyl (C=O) groups excluding carboxylic acids is 1. The van der Waals surface area contributed by atoms with Crippen molar-refractivity contribution in [3.8, 4) is 0 Å². The van der Waals surface area contributed by atoms with Crippen LogP contribution in [0.5, 0.6) is 0 Å². The highest BCUT2D eigenvalue weighted by Crippen LogP contribution is 2.49. The molecular formula is C28H32F4N6O4S2. The van der Waals surface area contributed by atoms with Gasteiger partial charge < -0.3 is 15.5 Å². The van der Waals surface area contributed by atoms with Gasteiger partial charge in [-0.1, -0.05) is 30.9 Å². The Bertz CT molecular complexity index is 1720. The molecule has 2 aromatic heterocycles. The smallest absolute Gasteiger partial charge is 0.329 e. The number of thioether (sulfide) groups is 1. The number of hydrogen-bond donors (Lipinski definition) is 1. The lowest BCUT2D eigenvalue weighted by Crippen LogP contribution is -2.49. The standard InChI is InChI=1S/C28H32F4N6O4S2/c1-16(2)9-12-36-21-22(38(42-24(40)28(30,31)32)26(36)44-27(15-33)10-5-4-6-11-27)35(3)25(41)37(23(21)39)14-20-34-18-13-17(29)7-8-19(18)43-20/h7-9,13,26H,4-6,10-12,14-15,33H2,1-3H3. The van der Waals surface area contributed by atoms with Crippen LogP contribution in [-0.4, -0.2) is 49.6 Å². The maximum absolute atomic E-state index is 14.2. The van der Waals surface area contributed by atoms with Crippen molar-refractivity contribution >= 4 is 50.8 Å². The fourth-order valence-electron chi connectivity index (χ4n) is 5.47. The summed E-state index contributed by atoms with van der Waals surface area (Å²) >= 11 is 2.41. The van der Waals surface area contributed by atoms with Gasteiger partial charge in [-0.25, -0.2) is 19.0 Å². The summed E-state index contributed by atoms with van der Waals surface area (Å²) in [6, 6.07) is 4.07. The number of fused-ring (bicyclic) bond motifs is 2. The number of thiazole rings is 1. The molecule has 10 nitrogen and oxygen atoms in total. The number of alkyl halides is 3. The van der Waals surface area contributed by atoms with Gasteiger partial charge in [-0.3, -0.25) is 13.9 Å². The number of benzene rings is 1. The maximum atomic E-state index is 14.2. The number of carbonyl (C=O) groups is 1. The zero-order valence-electron chi connectivity index (χ0n) is 24.3. The molecule has 0 radical (unpaired) electrons. The molecule has 5 rings (SSSR count). The van der Waals surface area contributed by atoms with Gasteiger partial charge in [0.15, 0.2) is 17.0 Å². The molecule has 2 N–H and O–H groups in total. The lowest BCUT2D eigenvalue weighted by atomic mass is 9.88. The van der Waals surface area contributed by atoms with E-state index in [0.29, 0.717) is 28.1 Å². The van der Waals surface area contributed by atoms with Crippen LogP contribution in [0.15, 0.2) is 39.4 Å². The third-order valence-electron chi connectivity index (χ3n) is 7.75. The van der Waals surface area contributed by atoms with Crippen molar-refractivity contribution in [1.29, 1.82) is 0 Å². The summed E-state index contributed by atoms with van der Waals surface area (Å²) in [6.45, 7) is 3.68. The fraction of sp³-hybridized carbons (Fsp3) is 0.500. The molecule has 2 aliphatic rings. The third-order valence-corrected chi connectivity index (χ3v) is 10.5. The summed E-state index contributed by atoms with van der Waals surface area (Å²) in [4.78, 5) is 50.9. The minimum Gasteiger partial charge on any atom is -0.329 e. The second kappa shape index (κ2) is 12.2. The van der Waals surface area contributed by atoms with Crippen LogP contribution >= 0.6 is 23.1 Å². The number of nitrogens with zero attached hydrogens (tertiary/aromatic N) is 5. The molecular weight excluding hydrogens is 624 g/mol. The summed E-state index contributed by atoms with van der Waals surface area (Å²) in [5.74, 6) is -3.25. The van der Waals surface area contributed by atoms with Gasteiger partial charge in [0.05, 0.1) is 16.8 Å². The Hall–Kier alpha value is -3.37. The van der Waals surface area contributed by atoms with Crippen molar-refractivity contribution in [1.82, 2.24) is 14.1 Å². The van der Waals surface area contributed by atoms with Crippen LogP contribution < -0.4 is 26.9 Å². The van der Waals surface area contributed by atoms with Gasteiger partial charge >= 0.3 is 17.8 Å². The number of allylic oxidation sites excluding steroid dienone is 1.